The number of hydrogen-bond donors (Lipinski definition) is 1. The summed E-state index contributed by atoms with van der Waals surface area (Å²) in [5.41, 5.74) is 6.71. The van der Waals surface area contributed by atoms with Crippen LogP contribution in [0.1, 0.15) is 40.3 Å². The number of para-hydroxylation sites is 1. The molecule has 0 bridgehead atoms. The fourth-order valence-electron chi connectivity index (χ4n) is 3.88. The maximum absolute atomic E-state index is 13.0. The first-order valence-electron chi connectivity index (χ1n) is 11.7. The van der Waals surface area contributed by atoms with Gasteiger partial charge in [0.25, 0.3) is 0 Å². The molecule has 192 valence electrons. The lowest BCUT2D eigenvalue weighted by Gasteiger charge is -2.18. The van der Waals surface area contributed by atoms with Gasteiger partial charge in [0, 0.05) is 5.56 Å². The first kappa shape index (κ1) is 25.9. The molecule has 0 fully saturated rings. The van der Waals surface area contributed by atoms with Crippen molar-refractivity contribution in [2.45, 2.75) is 13.8 Å². The monoisotopic (exact) mass is 512 g/mol. The number of nitrogen functional groups attached to an aromatic ring is 1. The van der Waals surface area contributed by atoms with Gasteiger partial charge < -0.3 is 24.7 Å². The first-order chi connectivity index (χ1) is 18.4. The van der Waals surface area contributed by atoms with E-state index < -0.39 is 11.9 Å². The van der Waals surface area contributed by atoms with Crippen molar-refractivity contribution in [1.82, 2.24) is 9.97 Å². The number of nitrogens with two attached hydrogens (primary N) is 1. The van der Waals surface area contributed by atoms with Crippen molar-refractivity contribution in [3.63, 3.8) is 0 Å². The van der Waals surface area contributed by atoms with Crippen molar-refractivity contribution in [3.8, 4) is 34.6 Å². The molecular formula is C28H24N4O6. The van der Waals surface area contributed by atoms with Crippen LogP contribution in [-0.2, 0) is 9.47 Å². The normalized spacial score (nSPS) is 10.5. The number of carbonyl (C=O) groups is 2. The Morgan fingerprint density at radius 2 is 1.58 bits per heavy atom. The van der Waals surface area contributed by atoms with Gasteiger partial charge in [-0.1, -0.05) is 30.3 Å². The van der Waals surface area contributed by atoms with Gasteiger partial charge in [-0.15, -0.1) is 0 Å². The molecular weight excluding hydrogens is 488 g/mol. The average molecular weight is 513 g/mol. The van der Waals surface area contributed by atoms with Crippen LogP contribution in [0.15, 0.2) is 54.6 Å². The van der Waals surface area contributed by atoms with Crippen molar-refractivity contribution in [2.24, 2.45) is 0 Å². The smallest absolute Gasteiger partial charge is 0.357 e. The van der Waals surface area contributed by atoms with Crippen LogP contribution < -0.4 is 15.2 Å². The van der Waals surface area contributed by atoms with Crippen LogP contribution in [0.4, 0.5) is 5.69 Å². The molecule has 2 aromatic carbocycles. The van der Waals surface area contributed by atoms with Gasteiger partial charge >= 0.3 is 11.9 Å². The van der Waals surface area contributed by atoms with Crippen LogP contribution in [0.25, 0.3) is 22.2 Å². The molecule has 2 aromatic heterocycles. The number of benzene rings is 2. The van der Waals surface area contributed by atoms with Gasteiger partial charge in [0.1, 0.15) is 28.7 Å². The number of nitriles is 1. The van der Waals surface area contributed by atoms with Gasteiger partial charge in [0.2, 0.25) is 5.88 Å². The van der Waals surface area contributed by atoms with Gasteiger partial charge in [0.05, 0.1) is 31.4 Å². The van der Waals surface area contributed by atoms with E-state index in [1.54, 1.807) is 62.4 Å². The Balaban J connectivity index is 2.12. The van der Waals surface area contributed by atoms with Crippen LogP contribution in [0.2, 0.25) is 0 Å². The highest BCUT2D eigenvalue weighted by Gasteiger charge is 2.30. The molecule has 2 N–H and O–H groups in total. The summed E-state index contributed by atoms with van der Waals surface area (Å²) in [6.45, 7) is 3.33. The number of pyridine rings is 2. The van der Waals surface area contributed by atoms with E-state index in [-0.39, 0.29) is 52.6 Å². The van der Waals surface area contributed by atoms with Crippen molar-refractivity contribution in [3.05, 3.63) is 71.4 Å². The van der Waals surface area contributed by atoms with E-state index in [0.717, 1.165) is 0 Å². The molecule has 0 radical (unpaired) electrons. The van der Waals surface area contributed by atoms with Gasteiger partial charge in [-0.2, -0.15) is 10.2 Å². The third-order valence-corrected chi connectivity index (χ3v) is 5.53. The van der Waals surface area contributed by atoms with E-state index in [1.165, 1.54) is 7.11 Å². The van der Waals surface area contributed by atoms with E-state index >= 15 is 0 Å². The van der Waals surface area contributed by atoms with Crippen LogP contribution >= 0.6 is 0 Å². The molecule has 0 saturated heterocycles. The highest BCUT2D eigenvalue weighted by molar-refractivity contribution is 6.15. The number of nitrogens with zero attached hydrogens (tertiary/aromatic N) is 3. The largest absolute Gasteiger partial charge is 0.497 e. The van der Waals surface area contributed by atoms with Crippen molar-refractivity contribution in [2.75, 3.05) is 26.1 Å². The lowest BCUT2D eigenvalue weighted by molar-refractivity contribution is 0.0475. The molecule has 0 unspecified atom stereocenters. The molecule has 10 heteroatoms. The third kappa shape index (κ3) is 4.90. The van der Waals surface area contributed by atoms with Crippen LogP contribution in [-0.4, -0.2) is 42.2 Å². The number of ether oxygens (including phenoxy) is 4. The van der Waals surface area contributed by atoms with Crippen LogP contribution in [0.3, 0.4) is 0 Å². The van der Waals surface area contributed by atoms with Crippen molar-refractivity contribution >= 4 is 28.7 Å². The van der Waals surface area contributed by atoms with E-state index in [0.29, 0.717) is 22.6 Å². The summed E-state index contributed by atoms with van der Waals surface area (Å²) in [6, 6.07) is 17.8. The van der Waals surface area contributed by atoms with Crippen LogP contribution in [0.5, 0.6) is 17.4 Å². The lowest BCUT2D eigenvalue weighted by Crippen LogP contribution is -2.19. The second-order valence-corrected chi connectivity index (χ2v) is 7.81. The minimum Gasteiger partial charge on any atom is -0.497 e. The Kier molecular flexibility index (Phi) is 7.68. The second-order valence-electron chi connectivity index (χ2n) is 7.81. The summed E-state index contributed by atoms with van der Waals surface area (Å²) in [4.78, 5) is 34.6. The highest BCUT2D eigenvalue weighted by Crippen LogP contribution is 2.41. The van der Waals surface area contributed by atoms with Gasteiger partial charge in [-0.3, -0.25) is 0 Å². The number of carbonyl (C=O) groups excluding carboxylic acids is 2. The fourth-order valence-corrected chi connectivity index (χ4v) is 3.88. The minimum absolute atomic E-state index is 0.0191. The molecule has 2 heterocycles. The Labute approximate surface area is 218 Å². The zero-order chi connectivity index (χ0) is 27.2. The Bertz CT molecular complexity index is 1550. The predicted octanol–water partition coefficient (Wildman–Crippen LogP) is 4.90. The summed E-state index contributed by atoms with van der Waals surface area (Å²) in [7, 11) is 1.54. The molecule has 0 atom stereocenters. The molecule has 0 amide bonds. The van der Waals surface area contributed by atoms with E-state index in [2.05, 4.69) is 16.0 Å². The quantitative estimate of drug-likeness (QED) is 0.323. The molecule has 0 saturated carbocycles. The Morgan fingerprint density at radius 1 is 0.921 bits per heavy atom. The number of hydrogen-bond acceptors (Lipinski definition) is 10. The maximum atomic E-state index is 13.0. The summed E-state index contributed by atoms with van der Waals surface area (Å²) >= 11 is 0. The predicted molar refractivity (Wildman–Crippen MR) is 139 cm³/mol. The summed E-state index contributed by atoms with van der Waals surface area (Å²) < 4.78 is 21.5. The summed E-state index contributed by atoms with van der Waals surface area (Å²) in [5.74, 6) is -0.756. The standard InChI is InChI=1S/C28H24N4O6/c1-4-36-27(33)22-23(30)21-20(16-11-13-17(35-3)14-12-16)19(15-29)26(38-18-9-7-6-8-10-18)32-25(21)31-24(22)28(34)37-5-2/h6-14H,4-5H2,1-3H3,(H2,30,31,32). The number of rotatable bonds is 8. The number of esters is 2. The van der Waals surface area contributed by atoms with Crippen molar-refractivity contribution in [1.29, 1.82) is 5.26 Å². The summed E-state index contributed by atoms with van der Waals surface area (Å²) in [6.07, 6.45) is 0. The van der Waals surface area contributed by atoms with Gasteiger partial charge in [-0.05, 0) is 43.7 Å². The minimum atomic E-state index is -0.869. The Morgan fingerprint density at radius 3 is 2.18 bits per heavy atom. The maximum Gasteiger partial charge on any atom is 0.357 e. The molecule has 0 aliphatic carbocycles. The van der Waals surface area contributed by atoms with E-state index in [1.807, 2.05) is 6.07 Å². The average Bonchev–Trinajstić information content (AvgIpc) is 2.93. The molecule has 0 aliphatic rings. The Hall–Kier alpha value is -5.17. The number of methoxy groups -OCH3 is 1. The molecule has 10 nitrogen and oxygen atoms in total. The first-order valence-corrected chi connectivity index (χ1v) is 11.7. The molecule has 4 rings (SSSR count). The van der Waals surface area contributed by atoms with Crippen LogP contribution in [0, 0.1) is 11.3 Å². The lowest BCUT2D eigenvalue weighted by atomic mass is 9.94. The zero-order valence-corrected chi connectivity index (χ0v) is 21.0. The summed E-state index contributed by atoms with van der Waals surface area (Å²) in [5, 5.41) is 10.4. The molecule has 38 heavy (non-hydrogen) atoms. The number of fused-ring (bicyclic) bond motifs is 1. The number of anilines is 1. The topological polar surface area (TPSA) is 147 Å². The SMILES string of the molecule is CCOC(=O)c1nc2nc(Oc3ccccc3)c(C#N)c(-c3ccc(OC)cc3)c2c(N)c1C(=O)OCC. The van der Waals surface area contributed by atoms with E-state index in [9.17, 15) is 14.9 Å². The number of aromatic nitrogens is 2. The van der Waals surface area contributed by atoms with Gasteiger partial charge in [0.15, 0.2) is 11.3 Å². The highest BCUT2D eigenvalue weighted by atomic mass is 16.5. The van der Waals surface area contributed by atoms with Gasteiger partial charge in [-0.25, -0.2) is 14.6 Å². The molecule has 0 aliphatic heterocycles. The van der Waals surface area contributed by atoms with E-state index in [4.69, 9.17) is 24.7 Å². The molecule has 0 spiro atoms. The zero-order valence-electron chi connectivity index (χ0n) is 21.0. The fraction of sp³-hybridized carbons (Fsp3) is 0.179. The van der Waals surface area contributed by atoms with Crippen molar-refractivity contribution < 1.29 is 28.5 Å². The molecule has 4 aromatic rings. The third-order valence-electron chi connectivity index (χ3n) is 5.53. The second kappa shape index (κ2) is 11.3.